The molecule has 1 aliphatic rings. The summed E-state index contributed by atoms with van der Waals surface area (Å²) in [4.78, 5) is 22.9. The lowest BCUT2D eigenvalue weighted by Crippen LogP contribution is -2.58. The molecular weight excluding hydrogens is 284 g/mol. The van der Waals surface area contributed by atoms with Crippen molar-refractivity contribution in [3.05, 3.63) is 24.3 Å². The van der Waals surface area contributed by atoms with Crippen molar-refractivity contribution in [1.29, 1.82) is 0 Å². The summed E-state index contributed by atoms with van der Waals surface area (Å²) in [5.74, 6) is -0.890. The molecule has 1 N–H and O–H groups in total. The average molecular weight is 298 g/mol. The Labute approximate surface area is 116 Å². The molecule has 1 fully saturated rings. The number of benzene rings is 1. The van der Waals surface area contributed by atoms with Crippen LogP contribution in [0.15, 0.2) is 29.2 Å². The maximum absolute atomic E-state index is 12.5. The van der Waals surface area contributed by atoms with Crippen molar-refractivity contribution in [1.82, 2.24) is 9.62 Å². The summed E-state index contributed by atoms with van der Waals surface area (Å²) >= 11 is 0. The summed E-state index contributed by atoms with van der Waals surface area (Å²) < 4.78 is 30.8. The first-order valence-electron chi connectivity index (χ1n) is 5.86. The molecule has 0 spiro atoms. The van der Waals surface area contributed by atoms with Crippen molar-refractivity contribution in [2.45, 2.75) is 17.9 Å². The molecule has 1 aromatic carbocycles. The van der Waals surface area contributed by atoms with Crippen molar-refractivity contribution in [2.75, 3.05) is 13.7 Å². The van der Waals surface area contributed by atoms with E-state index in [0.717, 1.165) is 4.31 Å². The molecule has 108 valence electrons. The molecule has 1 unspecified atom stereocenters. The van der Waals surface area contributed by atoms with Crippen LogP contribution in [-0.2, 0) is 19.6 Å². The number of carbonyl (C=O) groups excluding carboxylic acids is 2. The van der Waals surface area contributed by atoms with Crippen LogP contribution in [0, 0.1) is 0 Å². The molecule has 0 radical (unpaired) electrons. The third kappa shape index (κ3) is 2.52. The molecule has 8 heteroatoms. The number of carbonyl (C=O) groups is 2. The SMILES string of the molecule is COc1cccc(S(=O)(=O)N2CC(=O)NC(=O)C2C)c1. The lowest BCUT2D eigenvalue weighted by Gasteiger charge is -2.30. The van der Waals surface area contributed by atoms with Crippen LogP contribution >= 0.6 is 0 Å². The summed E-state index contributed by atoms with van der Waals surface area (Å²) in [5.41, 5.74) is 0. The van der Waals surface area contributed by atoms with Gasteiger partial charge >= 0.3 is 0 Å². The number of amides is 2. The highest BCUT2D eigenvalue weighted by Gasteiger charge is 2.38. The number of hydrogen-bond donors (Lipinski definition) is 1. The first kappa shape index (κ1) is 14.5. The molecule has 0 saturated carbocycles. The topological polar surface area (TPSA) is 92.8 Å². The van der Waals surface area contributed by atoms with Crippen LogP contribution in [0.1, 0.15) is 6.92 Å². The minimum absolute atomic E-state index is 0.0220. The van der Waals surface area contributed by atoms with Gasteiger partial charge in [0.15, 0.2) is 0 Å². The zero-order valence-corrected chi connectivity index (χ0v) is 11.8. The number of ether oxygens (including phenoxy) is 1. The number of sulfonamides is 1. The molecule has 1 aromatic rings. The van der Waals surface area contributed by atoms with E-state index in [-0.39, 0.29) is 11.4 Å². The van der Waals surface area contributed by atoms with Gasteiger partial charge < -0.3 is 4.74 Å². The highest BCUT2D eigenvalue weighted by molar-refractivity contribution is 7.89. The number of imide groups is 1. The zero-order chi connectivity index (χ0) is 14.9. The summed E-state index contributed by atoms with van der Waals surface area (Å²) in [7, 11) is -2.52. The van der Waals surface area contributed by atoms with E-state index < -0.39 is 27.9 Å². The van der Waals surface area contributed by atoms with E-state index in [9.17, 15) is 18.0 Å². The average Bonchev–Trinajstić information content (AvgIpc) is 2.42. The minimum atomic E-state index is -3.94. The van der Waals surface area contributed by atoms with Gasteiger partial charge in [0.25, 0.3) is 0 Å². The third-order valence-electron chi connectivity index (χ3n) is 3.02. The van der Waals surface area contributed by atoms with Crippen LogP contribution in [0.25, 0.3) is 0 Å². The number of nitrogens with zero attached hydrogens (tertiary/aromatic N) is 1. The maximum atomic E-state index is 12.5. The predicted octanol–water partition coefficient (Wildman–Crippen LogP) is -0.269. The largest absolute Gasteiger partial charge is 0.497 e. The molecule has 7 nitrogen and oxygen atoms in total. The number of nitrogens with one attached hydrogen (secondary N) is 1. The fourth-order valence-corrected chi connectivity index (χ4v) is 3.47. The zero-order valence-electron chi connectivity index (χ0n) is 11.0. The molecule has 0 aliphatic carbocycles. The van der Waals surface area contributed by atoms with Crippen LogP contribution in [0.2, 0.25) is 0 Å². The van der Waals surface area contributed by atoms with Gasteiger partial charge in [-0.3, -0.25) is 14.9 Å². The second-order valence-electron chi connectivity index (χ2n) is 4.32. The summed E-state index contributed by atoms with van der Waals surface area (Å²) in [5, 5.41) is 2.10. The number of piperazine rings is 1. The molecular formula is C12H14N2O5S. The fourth-order valence-electron chi connectivity index (χ4n) is 1.88. The second kappa shape index (κ2) is 5.22. The Kier molecular flexibility index (Phi) is 3.78. The highest BCUT2D eigenvalue weighted by atomic mass is 32.2. The van der Waals surface area contributed by atoms with E-state index in [2.05, 4.69) is 5.32 Å². The fraction of sp³-hybridized carbons (Fsp3) is 0.333. The van der Waals surface area contributed by atoms with Crippen LogP contribution in [0.3, 0.4) is 0 Å². The predicted molar refractivity (Wildman–Crippen MR) is 69.5 cm³/mol. The molecule has 2 rings (SSSR count). The van der Waals surface area contributed by atoms with Gasteiger partial charge in [0.1, 0.15) is 11.8 Å². The van der Waals surface area contributed by atoms with Gasteiger partial charge in [-0.2, -0.15) is 4.31 Å². The Morgan fingerprint density at radius 3 is 2.70 bits per heavy atom. The van der Waals surface area contributed by atoms with Gasteiger partial charge in [0, 0.05) is 6.07 Å². The van der Waals surface area contributed by atoms with Crippen LogP contribution in [-0.4, -0.2) is 44.2 Å². The summed E-state index contributed by atoms with van der Waals surface area (Å²) in [6.07, 6.45) is 0. The number of hydrogen-bond acceptors (Lipinski definition) is 5. The van der Waals surface area contributed by atoms with Crippen LogP contribution < -0.4 is 10.1 Å². The van der Waals surface area contributed by atoms with Crippen molar-refractivity contribution >= 4 is 21.8 Å². The number of rotatable bonds is 3. The first-order chi connectivity index (χ1) is 9.36. The Hall–Kier alpha value is -1.93. The van der Waals surface area contributed by atoms with E-state index >= 15 is 0 Å². The number of methoxy groups -OCH3 is 1. The molecule has 1 heterocycles. The van der Waals surface area contributed by atoms with Gasteiger partial charge in [-0.25, -0.2) is 8.42 Å². The highest BCUT2D eigenvalue weighted by Crippen LogP contribution is 2.23. The Morgan fingerprint density at radius 1 is 1.35 bits per heavy atom. The standard InChI is InChI=1S/C12H14N2O5S/c1-8-12(16)13-11(15)7-14(8)20(17,18)10-5-3-4-9(6-10)19-2/h3-6,8H,7H2,1-2H3,(H,13,15,16). The van der Waals surface area contributed by atoms with Gasteiger partial charge in [0.05, 0.1) is 18.6 Å². The van der Waals surface area contributed by atoms with E-state index in [1.54, 1.807) is 6.07 Å². The molecule has 0 aromatic heterocycles. The lowest BCUT2D eigenvalue weighted by molar-refractivity contribution is -0.136. The monoisotopic (exact) mass is 298 g/mol. The third-order valence-corrected chi connectivity index (χ3v) is 4.93. The Balaban J connectivity index is 2.43. The Morgan fingerprint density at radius 2 is 2.05 bits per heavy atom. The van der Waals surface area contributed by atoms with Gasteiger partial charge in [-0.1, -0.05) is 6.07 Å². The minimum Gasteiger partial charge on any atom is -0.497 e. The normalized spacial score (nSPS) is 20.6. The molecule has 2 amide bonds. The van der Waals surface area contributed by atoms with Crippen molar-refractivity contribution in [3.63, 3.8) is 0 Å². The van der Waals surface area contributed by atoms with Crippen molar-refractivity contribution in [3.8, 4) is 5.75 Å². The van der Waals surface area contributed by atoms with Gasteiger partial charge in [-0.05, 0) is 19.1 Å². The van der Waals surface area contributed by atoms with Crippen molar-refractivity contribution in [2.24, 2.45) is 0 Å². The summed E-state index contributed by atoms with van der Waals surface area (Å²) in [6.45, 7) is 1.05. The lowest BCUT2D eigenvalue weighted by atomic mass is 10.2. The molecule has 0 bridgehead atoms. The van der Waals surface area contributed by atoms with E-state index in [4.69, 9.17) is 4.74 Å². The second-order valence-corrected chi connectivity index (χ2v) is 6.21. The van der Waals surface area contributed by atoms with E-state index in [0.29, 0.717) is 5.75 Å². The van der Waals surface area contributed by atoms with Gasteiger partial charge in [-0.15, -0.1) is 0 Å². The molecule has 1 atom stereocenters. The summed E-state index contributed by atoms with van der Waals surface area (Å²) in [6, 6.07) is 4.93. The van der Waals surface area contributed by atoms with Crippen LogP contribution in [0.5, 0.6) is 5.75 Å². The van der Waals surface area contributed by atoms with E-state index in [1.807, 2.05) is 0 Å². The molecule has 1 saturated heterocycles. The molecule has 20 heavy (non-hydrogen) atoms. The molecule has 1 aliphatic heterocycles. The van der Waals surface area contributed by atoms with Gasteiger partial charge in [0.2, 0.25) is 21.8 Å². The van der Waals surface area contributed by atoms with Crippen LogP contribution in [0.4, 0.5) is 0 Å². The Bertz CT molecular complexity index is 656. The quantitative estimate of drug-likeness (QED) is 0.776. The first-order valence-corrected chi connectivity index (χ1v) is 7.30. The van der Waals surface area contributed by atoms with Crippen molar-refractivity contribution < 1.29 is 22.7 Å². The smallest absolute Gasteiger partial charge is 0.244 e. The van der Waals surface area contributed by atoms with E-state index in [1.165, 1.54) is 32.2 Å². The maximum Gasteiger partial charge on any atom is 0.244 e.